The Morgan fingerprint density at radius 1 is 1.11 bits per heavy atom. The van der Waals surface area contributed by atoms with Crippen molar-refractivity contribution in [2.24, 2.45) is 4.99 Å². The highest BCUT2D eigenvalue weighted by atomic mass is 16.5. The number of rotatable bonds is 6. The molecule has 1 aliphatic heterocycles. The average molecular weight is 366 g/mol. The van der Waals surface area contributed by atoms with E-state index in [-0.39, 0.29) is 17.6 Å². The molecule has 0 spiro atoms. The van der Waals surface area contributed by atoms with Crippen LogP contribution >= 0.6 is 0 Å². The lowest BCUT2D eigenvalue weighted by molar-refractivity contribution is -0.129. The molecule has 0 atom stereocenters. The number of phenols is 1. The molecule has 0 aliphatic carbocycles. The van der Waals surface area contributed by atoms with Gasteiger partial charge in [0.25, 0.3) is 0 Å². The predicted octanol–water partition coefficient (Wildman–Crippen LogP) is 3.98. The van der Waals surface area contributed by atoms with E-state index in [0.29, 0.717) is 48.6 Å². The van der Waals surface area contributed by atoms with Crippen LogP contribution in [0.2, 0.25) is 0 Å². The van der Waals surface area contributed by atoms with Gasteiger partial charge in [0.2, 0.25) is 11.8 Å². The molecule has 1 heterocycles. The van der Waals surface area contributed by atoms with Crippen molar-refractivity contribution in [2.45, 2.75) is 32.6 Å². The molecule has 2 aromatic rings. The minimum atomic E-state index is -0.169. The molecule has 2 aromatic carbocycles. The Morgan fingerprint density at radius 3 is 2.44 bits per heavy atom. The van der Waals surface area contributed by atoms with Crippen molar-refractivity contribution in [3.8, 4) is 11.5 Å². The van der Waals surface area contributed by atoms with Crippen molar-refractivity contribution in [3.63, 3.8) is 0 Å². The lowest BCUT2D eigenvalue weighted by Gasteiger charge is -2.24. The first kappa shape index (κ1) is 18.6. The Balaban J connectivity index is 1.71. The molecule has 6 nitrogen and oxygen atoms in total. The number of hydrogen-bond donors (Lipinski definition) is 1. The van der Waals surface area contributed by atoms with E-state index in [0.717, 1.165) is 6.42 Å². The van der Waals surface area contributed by atoms with Crippen molar-refractivity contribution in [3.05, 3.63) is 48.0 Å². The molecule has 0 bridgehead atoms. The summed E-state index contributed by atoms with van der Waals surface area (Å²) in [5, 5.41) is 10.1. The Labute approximate surface area is 158 Å². The maximum atomic E-state index is 12.0. The van der Waals surface area contributed by atoms with Gasteiger partial charge in [-0.25, -0.2) is 0 Å². The van der Waals surface area contributed by atoms with E-state index in [4.69, 9.17) is 4.74 Å². The number of ether oxygens (including phenoxy) is 1. The van der Waals surface area contributed by atoms with Crippen LogP contribution in [0.25, 0.3) is 0 Å². The van der Waals surface area contributed by atoms with Crippen LogP contribution < -0.4 is 9.64 Å². The van der Waals surface area contributed by atoms with Crippen molar-refractivity contribution in [1.82, 2.24) is 0 Å². The Hall–Kier alpha value is -3.15. The van der Waals surface area contributed by atoms with Gasteiger partial charge in [-0.1, -0.05) is 6.92 Å². The third-order valence-electron chi connectivity index (χ3n) is 4.22. The molecule has 3 rings (SSSR count). The van der Waals surface area contributed by atoms with E-state index in [2.05, 4.69) is 4.99 Å². The molecule has 1 N–H and O–H groups in total. The van der Waals surface area contributed by atoms with E-state index >= 15 is 0 Å². The van der Waals surface area contributed by atoms with Gasteiger partial charge in [0.15, 0.2) is 0 Å². The summed E-state index contributed by atoms with van der Waals surface area (Å²) in [6.07, 6.45) is 3.85. The Bertz CT molecular complexity index is 843. The van der Waals surface area contributed by atoms with Crippen LogP contribution in [0.4, 0.5) is 11.4 Å². The number of nitrogens with zero attached hydrogens (tertiary/aromatic N) is 2. The first-order valence-corrected chi connectivity index (χ1v) is 9.04. The summed E-state index contributed by atoms with van der Waals surface area (Å²) >= 11 is 0. The van der Waals surface area contributed by atoms with E-state index < -0.39 is 0 Å². The number of amides is 2. The largest absolute Gasteiger partial charge is 0.507 e. The van der Waals surface area contributed by atoms with Crippen molar-refractivity contribution in [1.29, 1.82) is 0 Å². The molecule has 0 saturated carbocycles. The molecular weight excluding hydrogens is 344 g/mol. The van der Waals surface area contributed by atoms with Crippen LogP contribution in [-0.4, -0.2) is 29.7 Å². The minimum absolute atomic E-state index is 0.0912. The zero-order chi connectivity index (χ0) is 19.2. The van der Waals surface area contributed by atoms with E-state index in [9.17, 15) is 14.7 Å². The quantitative estimate of drug-likeness (QED) is 0.620. The fourth-order valence-electron chi connectivity index (χ4n) is 2.82. The molecule has 0 aromatic heterocycles. The fourth-order valence-corrected chi connectivity index (χ4v) is 2.82. The second-order valence-electron chi connectivity index (χ2n) is 6.32. The summed E-state index contributed by atoms with van der Waals surface area (Å²) in [5.41, 5.74) is 1.79. The van der Waals surface area contributed by atoms with Gasteiger partial charge in [0.1, 0.15) is 11.5 Å². The van der Waals surface area contributed by atoms with Gasteiger partial charge < -0.3 is 9.84 Å². The first-order chi connectivity index (χ1) is 13.1. The number of imide groups is 1. The Morgan fingerprint density at radius 2 is 1.81 bits per heavy atom. The number of carbonyl (C=O) groups is 2. The number of anilines is 1. The highest BCUT2D eigenvalue weighted by molar-refractivity contribution is 6.16. The molecule has 0 unspecified atom stereocenters. The van der Waals surface area contributed by atoms with Gasteiger partial charge in [0, 0.05) is 30.7 Å². The first-order valence-electron chi connectivity index (χ1n) is 9.04. The molecule has 2 amide bonds. The van der Waals surface area contributed by atoms with Crippen molar-refractivity contribution < 1.29 is 19.4 Å². The average Bonchev–Trinajstić information content (AvgIpc) is 2.66. The summed E-state index contributed by atoms with van der Waals surface area (Å²) in [6.45, 7) is 2.62. The lowest BCUT2D eigenvalue weighted by Crippen LogP contribution is -2.40. The smallest absolute Gasteiger partial charge is 0.233 e. The van der Waals surface area contributed by atoms with Gasteiger partial charge in [0.05, 0.1) is 18.0 Å². The predicted molar refractivity (Wildman–Crippen MR) is 104 cm³/mol. The molecule has 0 radical (unpaired) electrons. The van der Waals surface area contributed by atoms with E-state index in [1.165, 1.54) is 4.90 Å². The third kappa shape index (κ3) is 4.53. The standard InChI is InChI=1S/C21H22N2O4/c1-2-12-27-18-11-6-15(19(24)13-18)14-22-16-7-9-17(10-8-16)23-20(25)4-3-5-21(23)26/h6-11,13-14,24H,2-5,12H2,1H3. The second-order valence-corrected chi connectivity index (χ2v) is 6.32. The van der Waals surface area contributed by atoms with Gasteiger partial charge in [-0.2, -0.15) is 0 Å². The summed E-state index contributed by atoms with van der Waals surface area (Å²) < 4.78 is 5.48. The number of hydrogen-bond acceptors (Lipinski definition) is 5. The minimum Gasteiger partial charge on any atom is -0.507 e. The van der Waals surface area contributed by atoms with Gasteiger partial charge >= 0.3 is 0 Å². The molecular formula is C21H22N2O4. The lowest BCUT2D eigenvalue weighted by atomic mass is 10.1. The maximum Gasteiger partial charge on any atom is 0.233 e. The normalized spacial score (nSPS) is 14.8. The third-order valence-corrected chi connectivity index (χ3v) is 4.22. The summed E-state index contributed by atoms with van der Waals surface area (Å²) in [5.74, 6) is 0.371. The topological polar surface area (TPSA) is 79.2 Å². The van der Waals surface area contributed by atoms with Crippen LogP contribution in [-0.2, 0) is 9.59 Å². The monoisotopic (exact) mass is 366 g/mol. The van der Waals surface area contributed by atoms with Crippen LogP contribution in [0.15, 0.2) is 47.5 Å². The maximum absolute atomic E-state index is 12.0. The highest BCUT2D eigenvalue weighted by Crippen LogP contribution is 2.26. The van der Waals surface area contributed by atoms with E-state index in [1.54, 1.807) is 48.7 Å². The fraction of sp³-hybridized carbons (Fsp3) is 0.286. The van der Waals surface area contributed by atoms with Crippen LogP contribution in [0.1, 0.15) is 38.2 Å². The van der Waals surface area contributed by atoms with Gasteiger partial charge in [-0.3, -0.25) is 19.5 Å². The number of aromatic hydroxyl groups is 1. The summed E-state index contributed by atoms with van der Waals surface area (Å²) in [7, 11) is 0. The molecule has 1 aliphatic rings. The number of aliphatic imine (C=N–C) groups is 1. The molecule has 6 heteroatoms. The van der Waals surface area contributed by atoms with Crippen LogP contribution in [0.3, 0.4) is 0 Å². The highest BCUT2D eigenvalue weighted by Gasteiger charge is 2.27. The Kier molecular flexibility index (Phi) is 5.86. The number of benzene rings is 2. The van der Waals surface area contributed by atoms with E-state index in [1.807, 2.05) is 6.92 Å². The molecule has 1 saturated heterocycles. The number of phenolic OH excluding ortho intramolecular Hbond substituents is 1. The van der Waals surface area contributed by atoms with Gasteiger partial charge in [-0.15, -0.1) is 0 Å². The van der Waals surface area contributed by atoms with Crippen LogP contribution in [0, 0.1) is 0 Å². The number of carbonyl (C=O) groups excluding carboxylic acids is 2. The van der Waals surface area contributed by atoms with Crippen molar-refractivity contribution >= 4 is 29.4 Å². The summed E-state index contributed by atoms with van der Waals surface area (Å²) in [6, 6.07) is 12.0. The molecule has 1 fully saturated rings. The van der Waals surface area contributed by atoms with Crippen LogP contribution in [0.5, 0.6) is 11.5 Å². The SMILES string of the molecule is CCCOc1ccc(C=Nc2ccc(N3C(=O)CCCC3=O)cc2)c(O)c1. The second kappa shape index (κ2) is 8.49. The molecule has 140 valence electrons. The summed E-state index contributed by atoms with van der Waals surface area (Å²) in [4.78, 5) is 29.5. The van der Waals surface area contributed by atoms with Crippen molar-refractivity contribution in [2.75, 3.05) is 11.5 Å². The number of piperidine rings is 1. The zero-order valence-corrected chi connectivity index (χ0v) is 15.2. The van der Waals surface area contributed by atoms with Gasteiger partial charge in [-0.05, 0) is 49.2 Å². The molecule has 27 heavy (non-hydrogen) atoms. The zero-order valence-electron chi connectivity index (χ0n) is 15.2.